The van der Waals surface area contributed by atoms with Crippen LogP contribution in [0.4, 0.5) is 4.39 Å². The highest BCUT2D eigenvalue weighted by Gasteiger charge is 2.05. The number of halogens is 1. The maximum atomic E-state index is 13.4. The van der Waals surface area contributed by atoms with Crippen LogP contribution in [0.25, 0.3) is 0 Å². The molecule has 0 aliphatic heterocycles. The van der Waals surface area contributed by atoms with Crippen molar-refractivity contribution < 1.29 is 14.1 Å². The van der Waals surface area contributed by atoms with Crippen molar-refractivity contribution in [1.29, 1.82) is 0 Å². The molecule has 2 rings (SSSR count). The van der Waals surface area contributed by atoms with Crippen LogP contribution in [0.15, 0.2) is 27.9 Å². The Labute approximate surface area is 120 Å². The van der Waals surface area contributed by atoms with Crippen LogP contribution in [0.3, 0.4) is 0 Å². The second-order valence-electron chi connectivity index (χ2n) is 4.49. The van der Waals surface area contributed by atoms with E-state index in [0.29, 0.717) is 42.4 Å². The number of hydrogen-bond acceptors (Lipinski definition) is 6. The summed E-state index contributed by atoms with van der Waals surface area (Å²) in [5.74, 6) is 0.581. The highest BCUT2D eigenvalue weighted by molar-refractivity contribution is 5.97. The molecule has 0 bridgehead atoms. The van der Waals surface area contributed by atoms with Gasteiger partial charge in [-0.15, -0.1) is 0 Å². The third-order valence-electron chi connectivity index (χ3n) is 2.79. The lowest BCUT2D eigenvalue weighted by atomic mass is 10.1. The van der Waals surface area contributed by atoms with Crippen LogP contribution in [0.2, 0.25) is 0 Å². The summed E-state index contributed by atoms with van der Waals surface area (Å²) in [6, 6.07) is 4.25. The molecule has 2 aromatic rings. The summed E-state index contributed by atoms with van der Waals surface area (Å²) >= 11 is 0. The molecular formula is C13H16FN5O2. The van der Waals surface area contributed by atoms with Crippen LogP contribution in [0.5, 0.6) is 0 Å². The average molecular weight is 293 g/mol. The van der Waals surface area contributed by atoms with Gasteiger partial charge < -0.3 is 20.8 Å². The third kappa shape index (κ3) is 4.25. The fraction of sp³-hybridized carbons (Fsp3) is 0.308. The quantitative estimate of drug-likeness (QED) is 0.240. The van der Waals surface area contributed by atoms with Crippen LogP contribution in [0, 0.1) is 12.7 Å². The highest BCUT2D eigenvalue weighted by atomic mass is 19.1. The number of amidine groups is 1. The van der Waals surface area contributed by atoms with E-state index in [1.807, 2.05) is 0 Å². The minimum absolute atomic E-state index is 0.127. The molecule has 8 heteroatoms. The molecule has 0 atom stereocenters. The fourth-order valence-corrected chi connectivity index (χ4v) is 1.83. The van der Waals surface area contributed by atoms with Gasteiger partial charge in [0, 0.05) is 32.0 Å². The van der Waals surface area contributed by atoms with Gasteiger partial charge in [-0.25, -0.2) is 4.39 Å². The maximum absolute atomic E-state index is 13.4. The van der Waals surface area contributed by atoms with E-state index < -0.39 is 5.82 Å². The second-order valence-corrected chi connectivity index (χ2v) is 4.49. The lowest BCUT2D eigenvalue weighted by Gasteiger charge is -2.06. The summed E-state index contributed by atoms with van der Waals surface area (Å²) in [6.45, 7) is 2.79. The van der Waals surface area contributed by atoms with Crippen molar-refractivity contribution in [2.24, 2.45) is 10.9 Å². The van der Waals surface area contributed by atoms with E-state index in [9.17, 15) is 4.39 Å². The van der Waals surface area contributed by atoms with Crippen molar-refractivity contribution in [1.82, 2.24) is 15.5 Å². The van der Waals surface area contributed by atoms with Gasteiger partial charge in [-0.05, 0) is 23.8 Å². The largest absolute Gasteiger partial charge is 0.409 e. The Balaban J connectivity index is 1.89. The van der Waals surface area contributed by atoms with Gasteiger partial charge in [-0.1, -0.05) is 10.3 Å². The van der Waals surface area contributed by atoms with Crippen molar-refractivity contribution in [2.45, 2.75) is 19.9 Å². The summed E-state index contributed by atoms with van der Waals surface area (Å²) in [7, 11) is 0. The van der Waals surface area contributed by atoms with Gasteiger partial charge in [-0.2, -0.15) is 4.98 Å². The molecule has 0 saturated carbocycles. The topological polar surface area (TPSA) is 110 Å². The number of benzene rings is 1. The third-order valence-corrected chi connectivity index (χ3v) is 2.79. The van der Waals surface area contributed by atoms with E-state index in [1.165, 1.54) is 12.1 Å². The average Bonchev–Trinajstić information content (AvgIpc) is 2.88. The Hall–Kier alpha value is -2.48. The van der Waals surface area contributed by atoms with Crippen molar-refractivity contribution in [3.63, 3.8) is 0 Å². The highest BCUT2D eigenvalue weighted by Crippen LogP contribution is 2.09. The molecule has 0 radical (unpaired) electrons. The Kier molecular flexibility index (Phi) is 4.83. The minimum atomic E-state index is -0.440. The van der Waals surface area contributed by atoms with Gasteiger partial charge in [0.15, 0.2) is 11.7 Å². The van der Waals surface area contributed by atoms with Crippen LogP contribution in [0.1, 0.15) is 22.8 Å². The lowest BCUT2D eigenvalue weighted by molar-refractivity contribution is 0.318. The van der Waals surface area contributed by atoms with E-state index in [1.54, 1.807) is 13.0 Å². The number of nitrogens with one attached hydrogen (secondary N) is 1. The summed E-state index contributed by atoms with van der Waals surface area (Å²) in [5, 5.41) is 18.4. The van der Waals surface area contributed by atoms with Crippen molar-refractivity contribution in [3.05, 3.63) is 46.9 Å². The summed E-state index contributed by atoms with van der Waals surface area (Å²) in [4.78, 5) is 4.08. The number of hydrogen-bond donors (Lipinski definition) is 3. The first-order valence-electron chi connectivity index (χ1n) is 6.36. The molecule has 0 unspecified atom stereocenters. The van der Waals surface area contributed by atoms with Crippen LogP contribution in [-0.4, -0.2) is 27.7 Å². The van der Waals surface area contributed by atoms with Crippen LogP contribution in [-0.2, 0) is 13.0 Å². The zero-order valence-corrected chi connectivity index (χ0v) is 11.5. The van der Waals surface area contributed by atoms with E-state index in [4.69, 9.17) is 15.5 Å². The SMILES string of the molecule is Cc1nc(CCNCc2cc(F)cc(/C(N)=N/O)c2)no1. The van der Waals surface area contributed by atoms with E-state index in [0.717, 1.165) is 0 Å². The molecule has 1 aromatic carbocycles. The van der Waals surface area contributed by atoms with Crippen LogP contribution >= 0.6 is 0 Å². The normalized spacial score (nSPS) is 11.8. The molecule has 0 amide bonds. The maximum Gasteiger partial charge on any atom is 0.223 e. The number of rotatable bonds is 6. The first-order valence-corrected chi connectivity index (χ1v) is 6.36. The van der Waals surface area contributed by atoms with Crippen molar-refractivity contribution in [2.75, 3.05) is 6.54 Å². The molecule has 4 N–H and O–H groups in total. The standard InChI is InChI=1S/C13H16FN5O2/c1-8-17-12(19-21-8)2-3-16-7-9-4-10(13(15)18-20)6-11(14)5-9/h4-6,16,20H,2-3,7H2,1H3,(H2,15,18). The van der Waals surface area contributed by atoms with Gasteiger partial charge in [-0.3, -0.25) is 0 Å². The van der Waals surface area contributed by atoms with Gasteiger partial charge >= 0.3 is 0 Å². The number of oxime groups is 1. The minimum Gasteiger partial charge on any atom is -0.409 e. The Morgan fingerprint density at radius 3 is 2.95 bits per heavy atom. The summed E-state index contributed by atoms with van der Waals surface area (Å²) in [6.07, 6.45) is 0.611. The molecule has 0 aliphatic carbocycles. The molecule has 0 saturated heterocycles. The Bertz CT molecular complexity index is 641. The molecule has 1 heterocycles. The zero-order chi connectivity index (χ0) is 15.2. The van der Waals surface area contributed by atoms with Crippen molar-refractivity contribution in [3.8, 4) is 0 Å². The second kappa shape index (κ2) is 6.80. The van der Waals surface area contributed by atoms with Gasteiger partial charge in [0.05, 0.1) is 0 Å². The first kappa shape index (κ1) is 14.9. The van der Waals surface area contributed by atoms with Crippen molar-refractivity contribution >= 4 is 5.84 Å². The van der Waals surface area contributed by atoms with Gasteiger partial charge in [0.25, 0.3) is 0 Å². The predicted octanol–water partition coefficient (Wildman–Crippen LogP) is 0.944. The predicted molar refractivity (Wildman–Crippen MR) is 73.4 cm³/mol. The zero-order valence-electron chi connectivity index (χ0n) is 11.5. The Morgan fingerprint density at radius 1 is 1.48 bits per heavy atom. The van der Waals surface area contributed by atoms with Gasteiger partial charge in [0.2, 0.25) is 5.89 Å². The number of nitrogens with two attached hydrogens (primary N) is 1. The van der Waals surface area contributed by atoms with Crippen LogP contribution < -0.4 is 11.1 Å². The molecule has 0 fully saturated rings. The first-order chi connectivity index (χ1) is 10.1. The number of aromatic nitrogens is 2. The molecule has 0 spiro atoms. The number of nitrogens with zero attached hydrogens (tertiary/aromatic N) is 3. The number of aryl methyl sites for hydroxylation is 1. The summed E-state index contributed by atoms with van der Waals surface area (Å²) in [5.41, 5.74) is 6.48. The van der Waals surface area contributed by atoms with E-state index >= 15 is 0 Å². The Morgan fingerprint density at radius 2 is 2.29 bits per heavy atom. The molecule has 7 nitrogen and oxygen atoms in total. The van der Waals surface area contributed by atoms with Gasteiger partial charge in [0.1, 0.15) is 5.82 Å². The van der Waals surface area contributed by atoms with E-state index in [2.05, 4.69) is 20.6 Å². The monoisotopic (exact) mass is 293 g/mol. The molecular weight excluding hydrogens is 277 g/mol. The summed E-state index contributed by atoms with van der Waals surface area (Å²) < 4.78 is 18.3. The smallest absolute Gasteiger partial charge is 0.223 e. The fourth-order valence-electron chi connectivity index (χ4n) is 1.83. The molecule has 0 aliphatic rings. The molecule has 1 aromatic heterocycles. The molecule has 21 heavy (non-hydrogen) atoms. The molecule has 112 valence electrons. The van der Waals surface area contributed by atoms with E-state index in [-0.39, 0.29) is 5.84 Å². The lowest BCUT2D eigenvalue weighted by Crippen LogP contribution is -2.18.